The third-order valence-corrected chi connectivity index (χ3v) is 5.12. The zero-order chi connectivity index (χ0) is 21.5. The number of piperazine rings is 1. The van der Waals surface area contributed by atoms with Gasteiger partial charge in [0.2, 0.25) is 0 Å². The van der Waals surface area contributed by atoms with Crippen LogP contribution in [0.15, 0.2) is 60.3 Å². The van der Waals surface area contributed by atoms with Crippen molar-refractivity contribution in [3.05, 3.63) is 81.0 Å². The molecule has 1 aliphatic heterocycles. The highest BCUT2D eigenvalue weighted by molar-refractivity contribution is 6.33. The summed E-state index contributed by atoms with van der Waals surface area (Å²) in [4.78, 5) is 27.0. The van der Waals surface area contributed by atoms with Crippen LogP contribution in [0.5, 0.6) is 0 Å². The van der Waals surface area contributed by atoms with Gasteiger partial charge < -0.3 is 10.2 Å². The van der Waals surface area contributed by atoms with Gasteiger partial charge in [-0.15, -0.1) is 0 Å². The summed E-state index contributed by atoms with van der Waals surface area (Å²) in [5, 5.41) is 23.3. The molecule has 0 unspecified atom stereocenters. The molecule has 1 amide bonds. The zero-order valence-corrected chi connectivity index (χ0v) is 16.9. The van der Waals surface area contributed by atoms with Crippen LogP contribution < -0.4 is 5.32 Å². The number of nitriles is 1. The van der Waals surface area contributed by atoms with Crippen LogP contribution in [-0.4, -0.2) is 46.8 Å². The van der Waals surface area contributed by atoms with Gasteiger partial charge in [0.05, 0.1) is 15.6 Å². The lowest BCUT2D eigenvalue weighted by Gasteiger charge is -2.34. The van der Waals surface area contributed by atoms with Crippen molar-refractivity contribution in [1.82, 2.24) is 9.80 Å². The normalized spacial score (nSPS) is 14.8. The van der Waals surface area contributed by atoms with Gasteiger partial charge in [-0.1, -0.05) is 41.9 Å². The predicted octanol–water partition coefficient (Wildman–Crippen LogP) is 3.41. The number of carbonyl (C=O) groups is 1. The SMILES string of the molecule is N#C/C(=C/Nc1cc([N+](=O)[O-])ccc1Cl)C(=O)N1CCN(Cc2ccccc2)CC1. The lowest BCUT2D eigenvalue weighted by atomic mass is 10.2. The minimum absolute atomic E-state index is 0.0888. The molecule has 0 saturated carbocycles. The molecule has 0 spiro atoms. The number of amides is 1. The van der Waals surface area contributed by atoms with E-state index in [1.54, 1.807) is 4.90 Å². The molecule has 8 nitrogen and oxygen atoms in total. The van der Waals surface area contributed by atoms with Gasteiger partial charge in [-0.05, 0) is 11.6 Å². The van der Waals surface area contributed by atoms with Gasteiger partial charge in [-0.2, -0.15) is 5.26 Å². The average molecular weight is 426 g/mol. The number of hydrogen-bond donors (Lipinski definition) is 1. The van der Waals surface area contributed by atoms with Crippen molar-refractivity contribution in [3.8, 4) is 6.07 Å². The predicted molar refractivity (Wildman–Crippen MR) is 114 cm³/mol. The highest BCUT2D eigenvalue weighted by Gasteiger charge is 2.24. The molecule has 154 valence electrons. The summed E-state index contributed by atoms with van der Waals surface area (Å²) < 4.78 is 0. The summed E-state index contributed by atoms with van der Waals surface area (Å²) in [7, 11) is 0. The first-order valence-electron chi connectivity index (χ1n) is 9.34. The fourth-order valence-corrected chi connectivity index (χ4v) is 3.32. The molecule has 2 aromatic carbocycles. The number of rotatable bonds is 6. The molecule has 3 rings (SSSR count). The Morgan fingerprint density at radius 1 is 1.20 bits per heavy atom. The first-order valence-corrected chi connectivity index (χ1v) is 9.72. The molecule has 1 N–H and O–H groups in total. The van der Waals surface area contributed by atoms with Crippen molar-refractivity contribution in [2.45, 2.75) is 6.54 Å². The number of halogens is 1. The van der Waals surface area contributed by atoms with Crippen LogP contribution in [0, 0.1) is 21.4 Å². The fourth-order valence-electron chi connectivity index (χ4n) is 3.15. The number of carbonyl (C=O) groups excluding carboxylic acids is 1. The van der Waals surface area contributed by atoms with Crippen molar-refractivity contribution in [1.29, 1.82) is 5.26 Å². The van der Waals surface area contributed by atoms with E-state index in [1.165, 1.54) is 30.0 Å². The van der Waals surface area contributed by atoms with E-state index in [2.05, 4.69) is 22.3 Å². The van der Waals surface area contributed by atoms with E-state index in [9.17, 15) is 20.2 Å². The van der Waals surface area contributed by atoms with Crippen molar-refractivity contribution in [2.75, 3.05) is 31.5 Å². The molecule has 1 heterocycles. The van der Waals surface area contributed by atoms with E-state index in [1.807, 2.05) is 24.3 Å². The van der Waals surface area contributed by atoms with Crippen molar-refractivity contribution in [2.24, 2.45) is 0 Å². The van der Waals surface area contributed by atoms with Crippen molar-refractivity contribution < 1.29 is 9.72 Å². The number of benzene rings is 2. The number of nitrogens with zero attached hydrogens (tertiary/aromatic N) is 4. The molecule has 9 heteroatoms. The van der Waals surface area contributed by atoms with Gasteiger partial charge in [0.1, 0.15) is 11.6 Å². The monoisotopic (exact) mass is 425 g/mol. The van der Waals surface area contributed by atoms with Gasteiger partial charge in [0.15, 0.2) is 0 Å². The van der Waals surface area contributed by atoms with Gasteiger partial charge in [0.25, 0.3) is 11.6 Å². The molecule has 0 aliphatic carbocycles. The number of nitro benzene ring substituents is 1. The van der Waals surface area contributed by atoms with E-state index in [0.717, 1.165) is 6.54 Å². The second-order valence-corrected chi connectivity index (χ2v) is 7.20. The molecule has 0 radical (unpaired) electrons. The van der Waals surface area contributed by atoms with E-state index in [0.29, 0.717) is 26.2 Å². The Morgan fingerprint density at radius 3 is 2.53 bits per heavy atom. The maximum atomic E-state index is 12.7. The third kappa shape index (κ3) is 5.35. The van der Waals surface area contributed by atoms with Gasteiger partial charge >= 0.3 is 0 Å². The highest BCUT2D eigenvalue weighted by Crippen LogP contribution is 2.27. The Morgan fingerprint density at radius 2 is 1.90 bits per heavy atom. The van der Waals surface area contributed by atoms with Crippen LogP contribution >= 0.6 is 11.6 Å². The number of anilines is 1. The number of nitro groups is 1. The molecule has 30 heavy (non-hydrogen) atoms. The lowest BCUT2D eigenvalue weighted by Crippen LogP contribution is -2.48. The smallest absolute Gasteiger partial charge is 0.271 e. The Bertz CT molecular complexity index is 995. The first kappa shape index (κ1) is 21.3. The zero-order valence-electron chi connectivity index (χ0n) is 16.1. The molecule has 0 bridgehead atoms. The molecule has 1 saturated heterocycles. The molecule has 0 aromatic heterocycles. The third-order valence-electron chi connectivity index (χ3n) is 4.79. The maximum Gasteiger partial charge on any atom is 0.271 e. The van der Waals surface area contributed by atoms with Crippen molar-refractivity contribution in [3.63, 3.8) is 0 Å². The maximum absolute atomic E-state index is 12.7. The second kappa shape index (κ2) is 9.87. The van der Waals surface area contributed by atoms with Crippen LogP contribution in [0.25, 0.3) is 0 Å². The van der Waals surface area contributed by atoms with Crippen LogP contribution in [0.2, 0.25) is 5.02 Å². The van der Waals surface area contributed by atoms with E-state index >= 15 is 0 Å². The fraction of sp³-hybridized carbons (Fsp3) is 0.238. The standard InChI is InChI=1S/C21H20ClN5O3/c22-19-7-6-18(27(29)30)12-20(19)24-14-17(13-23)21(28)26-10-8-25(9-11-26)15-16-4-2-1-3-5-16/h1-7,12,14,24H,8-11,15H2/b17-14-. The quantitative estimate of drug-likeness (QED) is 0.329. The summed E-state index contributed by atoms with van der Waals surface area (Å²) in [6, 6.07) is 15.9. The summed E-state index contributed by atoms with van der Waals surface area (Å²) in [5.74, 6) is -0.383. The van der Waals surface area contributed by atoms with Crippen LogP contribution in [0.1, 0.15) is 5.56 Å². The summed E-state index contributed by atoms with van der Waals surface area (Å²) >= 11 is 6.04. The molecule has 1 aliphatic rings. The summed E-state index contributed by atoms with van der Waals surface area (Å²) in [5.41, 5.74) is 1.23. The van der Waals surface area contributed by atoms with Crippen LogP contribution in [-0.2, 0) is 11.3 Å². The van der Waals surface area contributed by atoms with Crippen LogP contribution in [0.3, 0.4) is 0 Å². The number of nitrogens with one attached hydrogen (secondary N) is 1. The largest absolute Gasteiger partial charge is 0.359 e. The Balaban J connectivity index is 1.61. The molecule has 2 aromatic rings. The molecule has 1 fully saturated rings. The second-order valence-electron chi connectivity index (χ2n) is 6.79. The molecular weight excluding hydrogens is 406 g/mol. The van der Waals surface area contributed by atoms with Gasteiger partial charge in [0, 0.05) is 51.1 Å². The first-order chi connectivity index (χ1) is 14.5. The number of non-ortho nitro benzene ring substituents is 1. The summed E-state index contributed by atoms with van der Waals surface area (Å²) in [6.45, 7) is 3.27. The minimum Gasteiger partial charge on any atom is -0.359 e. The molecule has 0 atom stereocenters. The van der Waals surface area contributed by atoms with Crippen molar-refractivity contribution >= 4 is 28.9 Å². The van der Waals surface area contributed by atoms with E-state index < -0.39 is 4.92 Å². The van der Waals surface area contributed by atoms with E-state index in [4.69, 9.17) is 11.6 Å². The Kier molecular flexibility index (Phi) is 7.01. The van der Waals surface area contributed by atoms with E-state index in [-0.39, 0.29) is 27.9 Å². The van der Waals surface area contributed by atoms with Crippen LogP contribution in [0.4, 0.5) is 11.4 Å². The summed E-state index contributed by atoms with van der Waals surface area (Å²) in [6.07, 6.45) is 1.24. The lowest BCUT2D eigenvalue weighted by molar-refractivity contribution is -0.384. The van der Waals surface area contributed by atoms with Gasteiger partial charge in [-0.3, -0.25) is 19.8 Å². The topological polar surface area (TPSA) is 103 Å². The number of hydrogen-bond acceptors (Lipinski definition) is 6. The average Bonchev–Trinajstić information content (AvgIpc) is 2.76. The Labute approximate surface area is 179 Å². The van der Waals surface area contributed by atoms with Gasteiger partial charge in [-0.25, -0.2) is 0 Å². The highest BCUT2D eigenvalue weighted by atomic mass is 35.5. The molecular formula is C21H20ClN5O3. The minimum atomic E-state index is -0.545. The Hall–Kier alpha value is -3.41.